The van der Waals surface area contributed by atoms with Crippen LogP contribution in [0.3, 0.4) is 0 Å². The van der Waals surface area contributed by atoms with Gasteiger partial charge in [0.15, 0.2) is 11.7 Å². The quantitative estimate of drug-likeness (QED) is 0.662. The van der Waals surface area contributed by atoms with Crippen molar-refractivity contribution in [3.8, 4) is 11.8 Å². The van der Waals surface area contributed by atoms with E-state index in [1.807, 2.05) is 48.5 Å². The van der Waals surface area contributed by atoms with Gasteiger partial charge in [-0.2, -0.15) is 5.26 Å². The van der Waals surface area contributed by atoms with Crippen LogP contribution in [-0.4, -0.2) is 36.1 Å². The number of carbonyl (C=O) groups is 1. The molecule has 0 radical (unpaired) electrons. The highest BCUT2D eigenvalue weighted by Crippen LogP contribution is 2.29. The number of amides is 1. The zero-order chi connectivity index (χ0) is 21.6. The second-order valence-corrected chi connectivity index (χ2v) is 7.60. The van der Waals surface area contributed by atoms with Gasteiger partial charge in [-0.1, -0.05) is 24.3 Å². The second kappa shape index (κ2) is 9.43. The number of benzene rings is 2. The van der Waals surface area contributed by atoms with Crippen LogP contribution < -0.4 is 15.0 Å². The number of rotatable bonds is 6. The van der Waals surface area contributed by atoms with Crippen molar-refractivity contribution in [2.24, 2.45) is 0 Å². The van der Waals surface area contributed by atoms with Gasteiger partial charge in [0.25, 0.3) is 0 Å². The molecule has 1 atom stereocenters. The summed E-state index contributed by atoms with van der Waals surface area (Å²) in [4.78, 5) is 24.7. The number of hydrogen-bond donors (Lipinski definition) is 1. The van der Waals surface area contributed by atoms with Gasteiger partial charge >= 0.3 is 0 Å². The number of para-hydroxylation sites is 2. The fraction of sp³-hybridized carbons (Fsp3) is 0.333. The van der Waals surface area contributed by atoms with Crippen molar-refractivity contribution in [3.05, 3.63) is 59.8 Å². The summed E-state index contributed by atoms with van der Waals surface area (Å²) in [6.45, 7) is 2.03. The maximum Gasteiger partial charge on any atom is 0.243 e. The number of fused-ring (bicyclic) bond motifs is 1. The normalized spacial score (nSPS) is 14.6. The maximum atomic E-state index is 13.0. The third-order valence-corrected chi connectivity index (χ3v) is 5.52. The summed E-state index contributed by atoms with van der Waals surface area (Å²) in [6.07, 6.45) is 3.31. The lowest BCUT2D eigenvalue weighted by Crippen LogP contribution is -2.34. The predicted molar refractivity (Wildman–Crippen MR) is 119 cm³/mol. The summed E-state index contributed by atoms with van der Waals surface area (Å²) in [5.41, 5.74) is 2.80. The summed E-state index contributed by atoms with van der Waals surface area (Å²) in [5.74, 6) is -0.0134. The lowest BCUT2D eigenvalue weighted by atomic mass is 10.0. The third kappa shape index (κ3) is 4.58. The largest absolute Gasteiger partial charge is 0.497 e. The van der Waals surface area contributed by atoms with Crippen molar-refractivity contribution < 1.29 is 9.53 Å². The molecule has 0 aliphatic carbocycles. The van der Waals surface area contributed by atoms with E-state index in [4.69, 9.17) is 14.7 Å². The number of hydrogen-bond acceptors (Lipinski definition) is 6. The van der Waals surface area contributed by atoms with Gasteiger partial charge in [-0.3, -0.25) is 4.79 Å². The molecule has 1 aliphatic rings. The molecule has 1 fully saturated rings. The Morgan fingerprint density at radius 2 is 1.77 bits per heavy atom. The standard InChI is InChI=1S/C24H25N5O2/c1-31-18-11-9-17(10-12-18)16-26-24(30)19(15-25)22-23(29-13-5-2-6-14-29)28-21-8-4-3-7-20(21)27-22/h3-4,7-12,19H,2,5-6,13-14,16H2,1H3,(H,26,30)/t19-/m0/s1. The summed E-state index contributed by atoms with van der Waals surface area (Å²) in [6, 6.07) is 17.2. The number of aromatic nitrogens is 2. The van der Waals surface area contributed by atoms with Crippen molar-refractivity contribution in [1.29, 1.82) is 5.26 Å². The van der Waals surface area contributed by atoms with Gasteiger partial charge in [-0.05, 0) is 49.1 Å². The van der Waals surface area contributed by atoms with Crippen molar-refractivity contribution in [2.75, 3.05) is 25.1 Å². The van der Waals surface area contributed by atoms with E-state index >= 15 is 0 Å². The molecule has 1 aromatic heterocycles. The van der Waals surface area contributed by atoms with Gasteiger partial charge in [-0.25, -0.2) is 9.97 Å². The van der Waals surface area contributed by atoms with Crippen LogP contribution in [0.5, 0.6) is 5.75 Å². The Bertz CT molecular complexity index is 1100. The molecule has 4 rings (SSSR count). The number of nitriles is 1. The average Bonchev–Trinajstić information content (AvgIpc) is 2.83. The molecule has 3 aromatic rings. The zero-order valence-electron chi connectivity index (χ0n) is 17.5. The van der Waals surface area contributed by atoms with Crippen LogP contribution in [0.2, 0.25) is 0 Å². The molecule has 1 saturated heterocycles. The molecule has 0 unspecified atom stereocenters. The summed E-state index contributed by atoms with van der Waals surface area (Å²) >= 11 is 0. The Morgan fingerprint density at radius 1 is 1.10 bits per heavy atom. The minimum Gasteiger partial charge on any atom is -0.497 e. The Kier molecular flexibility index (Phi) is 6.27. The molecular formula is C24H25N5O2. The van der Waals surface area contributed by atoms with Crippen molar-refractivity contribution >= 4 is 22.8 Å². The van der Waals surface area contributed by atoms with E-state index in [9.17, 15) is 10.1 Å². The zero-order valence-corrected chi connectivity index (χ0v) is 17.5. The molecule has 1 N–H and O–H groups in total. The van der Waals surface area contributed by atoms with Gasteiger partial charge < -0.3 is 15.0 Å². The first-order valence-corrected chi connectivity index (χ1v) is 10.5. The molecule has 2 aromatic carbocycles. The summed E-state index contributed by atoms with van der Waals surface area (Å²) in [5, 5.41) is 12.8. The average molecular weight is 415 g/mol. The molecule has 0 bridgehead atoms. The van der Waals surface area contributed by atoms with E-state index in [0.717, 1.165) is 42.8 Å². The highest BCUT2D eigenvalue weighted by Gasteiger charge is 2.29. The first kappa shape index (κ1) is 20.6. The first-order valence-electron chi connectivity index (χ1n) is 10.5. The smallest absolute Gasteiger partial charge is 0.243 e. The van der Waals surface area contributed by atoms with Crippen LogP contribution >= 0.6 is 0 Å². The van der Waals surface area contributed by atoms with Crippen molar-refractivity contribution in [1.82, 2.24) is 15.3 Å². The van der Waals surface area contributed by atoms with E-state index in [-0.39, 0.29) is 5.91 Å². The van der Waals surface area contributed by atoms with E-state index in [0.29, 0.717) is 23.6 Å². The van der Waals surface area contributed by atoms with Gasteiger partial charge in [0.05, 0.1) is 24.2 Å². The monoisotopic (exact) mass is 415 g/mol. The molecule has 1 amide bonds. The number of nitrogens with zero attached hydrogens (tertiary/aromatic N) is 4. The number of carbonyl (C=O) groups excluding carboxylic acids is 1. The number of nitrogens with one attached hydrogen (secondary N) is 1. The molecule has 1 aliphatic heterocycles. The van der Waals surface area contributed by atoms with Crippen LogP contribution in [-0.2, 0) is 11.3 Å². The molecular weight excluding hydrogens is 390 g/mol. The minimum absolute atomic E-state index is 0.321. The van der Waals surface area contributed by atoms with Crippen molar-refractivity contribution in [2.45, 2.75) is 31.7 Å². The summed E-state index contributed by atoms with van der Waals surface area (Å²) in [7, 11) is 1.61. The predicted octanol–water partition coefficient (Wildman–Crippen LogP) is 3.55. The Hall–Kier alpha value is -3.66. The second-order valence-electron chi connectivity index (χ2n) is 7.60. The number of anilines is 1. The van der Waals surface area contributed by atoms with E-state index in [1.165, 1.54) is 6.42 Å². The highest BCUT2D eigenvalue weighted by atomic mass is 16.5. The van der Waals surface area contributed by atoms with Crippen molar-refractivity contribution in [3.63, 3.8) is 0 Å². The number of methoxy groups -OCH3 is 1. The fourth-order valence-corrected chi connectivity index (χ4v) is 3.82. The molecule has 7 heteroatoms. The van der Waals surface area contributed by atoms with Gasteiger partial charge in [0.1, 0.15) is 11.4 Å². The number of piperidine rings is 1. The lowest BCUT2D eigenvalue weighted by Gasteiger charge is -2.29. The third-order valence-electron chi connectivity index (χ3n) is 5.52. The lowest BCUT2D eigenvalue weighted by molar-refractivity contribution is -0.121. The van der Waals surface area contributed by atoms with Crippen LogP contribution in [0.25, 0.3) is 11.0 Å². The molecule has 7 nitrogen and oxygen atoms in total. The fourth-order valence-electron chi connectivity index (χ4n) is 3.82. The van der Waals surface area contributed by atoms with E-state index in [1.54, 1.807) is 7.11 Å². The highest BCUT2D eigenvalue weighted by molar-refractivity contribution is 5.88. The molecule has 0 spiro atoms. The van der Waals surface area contributed by atoms with Crippen LogP contribution in [0.15, 0.2) is 48.5 Å². The Balaban J connectivity index is 1.62. The molecule has 31 heavy (non-hydrogen) atoms. The SMILES string of the molecule is COc1ccc(CNC(=O)[C@@H](C#N)c2nc3ccccc3nc2N2CCCCC2)cc1. The van der Waals surface area contributed by atoms with Gasteiger partial charge in [0.2, 0.25) is 5.91 Å². The first-order chi connectivity index (χ1) is 15.2. The number of ether oxygens (including phenoxy) is 1. The minimum atomic E-state index is -1.03. The van der Waals surface area contributed by atoms with Crippen LogP contribution in [0.4, 0.5) is 5.82 Å². The topological polar surface area (TPSA) is 91.1 Å². The van der Waals surface area contributed by atoms with E-state index < -0.39 is 5.92 Å². The Morgan fingerprint density at radius 3 is 2.42 bits per heavy atom. The maximum absolute atomic E-state index is 13.0. The summed E-state index contributed by atoms with van der Waals surface area (Å²) < 4.78 is 5.16. The molecule has 0 saturated carbocycles. The van der Waals surface area contributed by atoms with Crippen LogP contribution in [0.1, 0.15) is 36.4 Å². The molecule has 2 heterocycles. The Labute approximate surface area is 181 Å². The molecule has 158 valence electrons. The van der Waals surface area contributed by atoms with Crippen LogP contribution in [0, 0.1) is 11.3 Å². The van der Waals surface area contributed by atoms with Gasteiger partial charge in [0, 0.05) is 19.6 Å². The van der Waals surface area contributed by atoms with E-state index in [2.05, 4.69) is 16.3 Å². The van der Waals surface area contributed by atoms with Gasteiger partial charge in [-0.15, -0.1) is 0 Å².